The molecule has 4 heteroatoms. The van der Waals surface area contributed by atoms with Gasteiger partial charge in [-0.05, 0) is 57.5 Å². The second kappa shape index (κ2) is 5.21. The molecular formula is C15H22N2O2. The van der Waals surface area contributed by atoms with E-state index in [1.54, 1.807) is 4.90 Å². The zero-order valence-corrected chi connectivity index (χ0v) is 11.8. The lowest BCUT2D eigenvalue weighted by Crippen LogP contribution is -2.26. The largest absolute Gasteiger partial charge is 0.488 e. The Morgan fingerprint density at radius 1 is 1.32 bits per heavy atom. The topological polar surface area (TPSA) is 55.6 Å². The summed E-state index contributed by atoms with van der Waals surface area (Å²) in [4.78, 5) is 13.7. The molecule has 0 spiro atoms. The molecule has 2 rings (SSSR count). The van der Waals surface area contributed by atoms with Gasteiger partial charge in [-0.1, -0.05) is 0 Å². The summed E-state index contributed by atoms with van der Waals surface area (Å²) in [7, 11) is 0. The van der Waals surface area contributed by atoms with E-state index >= 15 is 0 Å². The molecule has 0 saturated carbocycles. The van der Waals surface area contributed by atoms with Gasteiger partial charge in [-0.15, -0.1) is 0 Å². The Labute approximate surface area is 114 Å². The molecule has 0 radical (unpaired) electrons. The molecule has 1 saturated heterocycles. The highest BCUT2D eigenvalue weighted by atomic mass is 16.5. The molecule has 1 aliphatic heterocycles. The van der Waals surface area contributed by atoms with E-state index in [1.165, 1.54) is 0 Å². The molecule has 4 nitrogen and oxygen atoms in total. The lowest BCUT2D eigenvalue weighted by molar-refractivity contribution is -0.117. The molecule has 1 aromatic rings. The third-order valence-electron chi connectivity index (χ3n) is 3.11. The number of rotatable bonds is 3. The Kier molecular flexibility index (Phi) is 3.80. The number of hydrogen-bond acceptors (Lipinski definition) is 3. The highest BCUT2D eigenvalue weighted by Gasteiger charge is 2.29. The number of carbonyl (C=O) groups excluding carboxylic acids is 1. The van der Waals surface area contributed by atoms with Crippen molar-refractivity contribution in [1.29, 1.82) is 0 Å². The Bertz CT molecular complexity index is 448. The number of anilines is 1. The molecule has 1 aliphatic rings. The van der Waals surface area contributed by atoms with Crippen LogP contribution < -0.4 is 15.4 Å². The maximum absolute atomic E-state index is 11.9. The van der Waals surface area contributed by atoms with Crippen LogP contribution in [0.1, 0.15) is 27.2 Å². The highest BCUT2D eigenvalue weighted by Crippen LogP contribution is 2.27. The Hall–Kier alpha value is -1.55. The molecule has 1 heterocycles. The molecule has 1 amide bonds. The zero-order chi connectivity index (χ0) is 14.0. The lowest BCUT2D eigenvalue weighted by Gasteiger charge is -2.22. The quantitative estimate of drug-likeness (QED) is 0.908. The number of hydrogen-bond donors (Lipinski definition) is 1. The molecule has 1 fully saturated rings. The zero-order valence-electron chi connectivity index (χ0n) is 11.8. The van der Waals surface area contributed by atoms with Crippen LogP contribution in [-0.4, -0.2) is 24.6 Å². The van der Waals surface area contributed by atoms with Gasteiger partial charge in [0.15, 0.2) is 0 Å². The van der Waals surface area contributed by atoms with E-state index < -0.39 is 0 Å². The number of nitrogens with zero attached hydrogens (tertiary/aromatic N) is 1. The van der Waals surface area contributed by atoms with Gasteiger partial charge in [-0.25, -0.2) is 0 Å². The highest BCUT2D eigenvalue weighted by molar-refractivity contribution is 5.95. The minimum atomic E-state index is -0.213. The van der Waals surface area contributed by atoms with Gasteiger partial charge in [0.1, 0.15) is 11.4 Å². The molecule has 104 valence electrons. The summed E-state index contributed by atoms with van der Waals surface area (Å²) in [5.74, 6) is 1.25. The van der Waals surface area contributed by atoms with Crippen LogP contribution in [0.5, 0.6) is 5.75 Å². The van der Waals surface area contributed by atoms with Crippen molar-refractivity contribution >= 4 is 11.6 Å². The summed E-state index contributed by atoms with van der Waals surface area (Å²) in [6, 6.07) is 7.67. The number of ether oxygens (including phenoxy) is 1. The van der Waals surface area contributed by atoms with E-state index in [0.29, 0.717) is 13.0 Å². The van der Waals surface area contributed by atoms with Gasteiger partial charge in [0.2, 0.25) is 5.91 Å². The predicted octanol–water partition coefficient (Wildman–Crippen LogP) is 2.18. The minimum absolute atomic E-state index is 0.153. The fourth-order valence-corrected chi connectivity index (χ4v) is 2.24. The SMILES string of the molecule is CC(C)(C)Oc1ccc(N2CC(CN)CC2=O)cc1. The van der Waals surface area contributed by atoms with Crippen molar-refractivity contribution in [1.82, 2.24) is 0 Å². The van der Waals surface area contributed by atoms with Crippen molar-refractivity contribution in [2.24, 2.45) is 11.7 Å². The summed E-state index contributed by atoms with van der Waals surface area (Å²) in [5, 5.41) is 0. The van der Waals surface area contributed by atoms with E-state index in [0.717, 1.165) is 18.0 Å². The molecule has 1 aromatic carbocycles. The first-order valence-corrected chi connectivity index (χ1v) is 6.68. The van der Waals surface area contributed by atoms with E-state index in [4.69, 9.17) is 10.5 Å². The number of benzene rings is 1. The van der Waals surface area contributed by atoms with Crippen molar-refractivity contribution < 1.29 is 9.53 Å². The van der Waals surface area contributed by atoms with E-state index in [-0.39, 0.29) is 17.4 Å². The van der Waals surface area contributed by atoms with Crippen molar-refractivity contribution in [2.75, 3.05) is 18.0 Å². The van der Waals surface area contributed by atoms with E-state index in [1.807, 2.05) is 45.0 Å². The third kappa shape index (κ3) is 3.47. The van der Waals surface area contributed by atoms with Gasteiger partial charge < -0.3 is 15.4 Å². The summed E-state index contributed by atoms with van der Waals surface area (Å²) >= 11 is 0. The fraction of sp³-hybridized carbons (Fsp3) is 0.533. The van der Waals surface area contributed by atoms with Gasteiger partial charge in [-0.3, -0.25) is 4.79 Å². The molecule has 1 atom stereocenters. The number of carbonyl (C=O) groups is 1. The molecule has 0 bridgehead atoms. The van der Waals surface area contributed by atoms with Crippen LogP contribution in [0, 0.1) is 5.92 Å². The third-order valence-corrected chi connectivity index (χ3v) is 3.11. The number of amides is 1. The Balaban J connectivity index is 2.08. The fourth-order valence-electron chi connectivity index (χ4n) is 2.24. The monoisotopic (exact) mass is 262 g/mol. The second-order valence-electron chi connectivity index (χ2n) is 6.02. The Morgan fingerprint density at radius 2 is 1.95 bits per heavy atom. The van der Waals surface area contributed by atoms with Gasteiger partial charge in [0, 0.05) is 18.7 Å². The van der Waals surface area contributed by atoms with Crippen LogP contribution in [0.4, 0.5) is 5.69 Å². The van der Waals surface area contributed by atoms with Gasteiger partial charge >= 0.3 is 0 Å². The van der Waals surface area contributed by atoms with Gasteiger partial charge in [0.25, 0.3) is 0 Å². The van der Waals surface area contributed by atoms with E-state index in [9.17, 15) is 4.79 Å². The summed E-state index contributed by atoms with van der Waals surface area (Å²) in [6.45, 7) is 7.31. The van der Waals surface area contributed by atoms with Crippen LogP contribution in [0.2, 0.25) is 0 Å². The molecule has 2 N–H and O–H groups in total. The first-order valence-electron chi connectivity index (χ1n) is 6.68. The van der Waals surface area contributed by atoms with Crippen LogP contribution in [0.25, 0.3) is 0 Å². The average molecular weight is 262 g/mol. The normalized spacial score (nSPS) is 19.9. The number of nitrogens with two attached hydrogens (primary N) is 1. The van der Waals surface area contributed by atoms with Crippen molar-refractivity contribution in [3.05, 3.63) is 24.3 Å². The van der Waals surface area contributed by atoms with Crippen LogP contribution in [0.3, 0.4) is 0 Å². The van der Waals surface area contributed by atoms with Gasteiger partial charge in [-0.2, -0.15) is 0 Å². The molecule has 19 heavy (non-hydrogen) atoms. The summed E-state index contributed by atoms with van der Waals surface area (Å²) in [5.41, 5.74) is 6.34. The predicted molar refractivity (Wildman–Crippen MR) is 76.3 cm³/mol. The van der Waals surface area contributed by atoms with Crippen molar-refractivity contribution in [3.8, 4) is 5.75 Å². The lowest BCUT2D eigenvalue weighted by atomic mass is 10.1. The van der Waals surface area contributed by atoms with Crippen molar-refractivity contribution in [3.63, 3.8) is 0 Å². The average Bonchev–Trinajstić information content (AvgIpc) is 2.70. The second-order valence-corrected chi connectivity index (χ2v) is 6.02. The van der Waals surface area contributed by atoms with Crippen molar-refractivity contribution in [2.45, 2.75) is 32.8 Å². The van der Waals surface area contributed by atoms with Crippen LogP contribution in [-0.2, 0) is 4.79 Å². The Morgan fingerprint density at radius 3 is 2.42 bits per heavy atom. The van der Waals surface area contributed by atoms with Crippen LogP contribution >= 0.6 is 0 Å². The standard InChI is InChI=1S/C15H22N2O2/c1-15(2,3)19-13-6-4-12(5-7-13)17-10-11(9-16)8-14(17)18/h4-7,11H,8-10,16H2,1-3H3. The van der Waals surface area contributed by atoms with Gasteiger partial charge in [0.05, 0.1) is 0 Å². The molecule has 1 unspecified atom stereocenters. The summed E-state index contributed by atoms with van der Waals surface area (Å²) < 4.78 is 5.77. The first-order chi connectivity index (χ1) is 8.89. The maximum Gasteiger partial charge on any atom is 0.227 e. The first kappa shape index (κ1) is 13.9. The van der Waals surface area contributed by atoms with Crippen LogP contribution in [0.15, 0.2) is 24.3 Å². The summed E-state index contributed by atoms with van der Waals surface area (Å²) in [6.07, 6.45) is 0.552. The molecule has 0 aromatic heterocycles. The maximum atomic E-state index is 11.9. The van der Waals surface area contributed by atoms with E-state index in [2.05, 4.69) is 0 Å². The molecular weight excluding hydrogens is 240 g/mol. The minimum Gasteiger partial charge on any atom is -0.488 e. The molecule has 0 aliphatic carbocycles. The smallest absolute Gasteiger partial charge is 0.227 e.